The molecule has 2 aromatic heterocycles. The number of benzene rings is 3. The van der Waals surface area contributed by atoms with Crippen LogP contribution in [0.15, 0.2) is 105 Å². The quantitative estimate of drug-likeness (QED) is 0.193. The third-order valence-corrected chi connectivity index (χ3v) is 8.62. The van der Waals surface area contributed by atoms with E-state index in [-0.39, 0.29) is 22.3 Å². The van der Waals surface area contributed by atoms with Crippen molar-refractivity contribution >= 4 is 40.4 Å². The van der Waals surface area contributed by atoms with E-state index in [1.54, 1.807) is 28.8 Å². The van der Waals surface area contributed by atoms with Gasteiger partial charge in [-0.15, -0.1) is 0 Å². The molecule has 2 aliphatic rings. The van der Waals surface area contributed by atoms with Crippen LogP contribution in [0.5, 0.6) is 0 Å². The molecule has 0 amide bonds. The van der Waals surface area contributed by atoms with Crippen molar-refractivity contribution in [2.45, 2.75) is 18.9 Å². The second-order valence-corrected chi connectivity index (χ2v) is 11.1. The van der Waals surface area contributed by atoms with Crippen LogP contribution in [0, 0.1) is 10.1 Å². The zero-order chi connectivity index (χ0) is 27.4. The monoisotopic (exact) mass is 565 g/mol. The Bertz CT molecular complexity index is 2040. The van der Waals surface area contributed by atoms with E-state index in [2.05, 4.69) is 30.3 Å². The summed E-state index contributed by atoms with van der Waals surface area (Å²) in [7, 11) is 0. The summed E-state index contributed by atoms with van der Waals surface area (Å²) in [6.07, 6.45) is 3.43. The van der Waals surface area contributed by atoms with Crippen molar-refractivity contribution < 1.29 is 9.34 Å². The summed E-state index contributed by atoms with van der Waals surface area (Å²) in [6.45, 7) is 0. The summed E-state index contributed by atoms with van der Waals surface area (Å²) in [5.74, 6) is 0.899. The number of fused-ring (bicyclic) bond motifs is 3. The molecule has 3 heterocycles. The molecule has 1 aliphatic heterocycles. The lowest BCUT2D eigenvalue weighted by atomic mass is 9.83. The molecule has 196 valence electrons. The summed E-state index contributed by atoms with van der Waals surface area (Å²) in [5, 5.41) is 11.4. The maximum atomic E-state index is 13.9. The van der Waals surface area contributed by atoms with E-state index in [0.717, 1.165) is 35.2 Å². The Hall–Kier alpha value is -4.53. The lowest BCUT2D eigenvalue weighted by Gasteiger charge is -2.30. The van der Waals surface area contributed by atoms with Gasteiger partial charge < -0.3 is 4.42 Å². The molecule has 0 saturated heterocycles. The van der Waals surface area contributed by atoms with Crippen molar-refractivity contribution in [1.82, 2.24) is 4.57 Å². The number of hydrogen-bond donors (Lipinski definition) is 0. The van der Waals surface area contributed by atoms with E-state index in [9.17, 15) is 14.9 Å². The smallest absolute Gasteiger partial charge is 0.288 e. The standard InChI is InChI=1S/C31H20ClN3O4S/c32-24-14-11-20(16-25(24)35(37)38)26-15-12-21(39-26)17-27-30(36)34-29(19-7-2-1-3-8-19)23-13-10-18-6-4-5-9-22(18)28(23)33-31(34)40-27/h1-9,11-12,14-17,29H,10,13H2/b27-17+/t29-/m1/s1. The molecule has 7 rings (SSSR count). The van der Waals surface area contributed by atoms with E-state index >= 15 is 0 Å². The van der Waals surface area contributed by atoms with Crippen LogP contribution >= 0.6 is 22.9 Å². The average molecular weight is 566 g/mol. The van der Waals surface area contributed by atoms with Gasteiger partial charge in [-0.1, -0.05) is 77.5 Å². The van der Waals surface area contributed by atoms with Crippen molar-refractivity contribution in [2.75, 3.05) is 0 Å². The number of rotatable bonds is 4. The predicted molar refractivity (Wildman–Crippen MR) is 155 cm³/mol. The van der Waals surface area contributed by atoms with Gasteiger partial charge in [0.1, 0.15) is 16.5 Å². The van der Waals surface area contributed by atoms with Crippen LogP contribution in [0.3, 0.4) is 0 Å². The number of allylic oxidation sites excluding steroid dienone is 1. The largest absolute Gasteiger partial charge is 0.457 e. The third kappa shape index (κ3) is 4.04. The van der Waals surface area contributed by atoms with E-state index in [0.29, 0.717) is 26.4 Å². The number of nitro groups is 1. The normalized spacial score (nSPS) is 16.2. The molecule has 9 heteroatoms. The van der Waals surface area contributed by atoms with Crippen LogP contribution in [0.4, 0.5) is 5.69 Å². The van der Waals surface area contributed by atoms with Gasteiger partial charge in [-0.25, -0.2) is 4.99 Å². The highest BCUT2D eigenvalue weighted by Crippen LogP contribution is 2.41. The van der Waals surface area contributed by atoms with Gasteiger partial charge in [-0.05, 0) is 53.8 Å². The van der Waals surface area contributed by atoms with Gasteiger partial charge >= 0.3 is 0 Å². The first-order valence-corrected chi connectivity index (χ1v) is 13.9. The molecule has 0 unspecified atom stereocenters. The Kier molecular flexibility index (Phi) is 5.87. The molecule has 0 radical (unpaired) electrons. The highest BCUT2D eigenvalue weighted by atomic mass is 35.5. The van der Waals surface area contributed by atoms with Gasteiger partial charge in [0.25, 0.3) is 11.2 Å². The van der Waals surface area contributed by atoms with Crippen LogP contribution < -0.4 is 14.9 Å². The second kappa shape index (κ2) is 9.59. The third-order valence-electron chi connectivity index (χ3n) is 7.32. The second-order valence-electron chi connectivity index (χ2n) is 9.65. The molecule has 0 bridgehead atoms. The molecule has 40 heavy (non-hydrogen) atoms. The first-order chi connectivity index (χ1) is 19.5. The Balaban J connectivity index is 1.36. The fourth-order valence-corrected chi connectivity index (χ4v) is 6.65. The van der Waals surface area contributed by atoms with Gasteiger partial charge in [0.05, 0.1) is 21.2 Å². The molecule has 1 aliphatic carbocycles. The zero-order valence-corrected chi connectivity index (χ0v) is 22.5. The SMILES string of the molecule is O=c1/c(=C\c2ccc(-c3ccc(Cl)c([N+](=O)[O-])c3)o2)sc2n1[C@H](c1ccccc1)C1=C(N=2)c2ccccc2CC1. The fraction of sp³-hybridized carbons (Fsp3) is 0.0968. The maximum absolute atomic E-state index is 13.9. The van der Waals surface area contributed by atoms with Gasteiger partial charge in [-0.2, -0.15) is 0 Å². The van der Waals surface area contributed by atoms with Crippen LogP contribution in [0.2, 0.25) is 5.02 Å². The fourth-order valence-electron chi connectivity index (χ4n) is 5.48. The lowest BCUT2D eigenvalue weighted by Crippen LogP contribution is -2.38. The molecular weight excluding hydrogens is 546 g/mol. The number of nitro benzene ring substituents is 1. The summed E-state index contributed by atoms with van der Waals surface area (Å²) in [6, 6.07) is 26.1. The van der Waals surface area contributed by atoms with Gasteiger partial charge in [0.2, 0.25) is 0 Å². The predicted octanol–water partition coefficient (Wildman–Crippen LogP) is 6.14. The highest BCUT2D eigenvalue weighted by Gasteiger charge is 2.32. The number of aryl methyl sites for hydroxylation is 1. The minimum Gasteiger partial charge on any atom is -0.457 e. The molecule has 3 aromatic carbocycles. The van der Waals surface area contributed by atoms with Crippen molar-refractivity contribution in [1.29, 1.82) is 0 Å². The summed E-state index contributed by atoms with van der Waals surface area (Å²) < 4.78 is 8.28. The van der Waals surface area contributed by atoms with E-state index in [1.807, 2.05) is 24.3 Å². The van der Waals surface area contributed by atoms with Gasteiger partial charge in [-0.3, -0.25) is 19.5 Å². The van der Waals surface area contributed by atoms with Crippen molar-refractivity contribution in [3.8, 4) is 11.3 Å². The summed E-state index contributed by atoms with van der Waals surface area (Å²) in [5.41, 5.74) is 5.72. The van der Waals surface area contributed by atoms with Crippen LogP contribution in [0.1, 0.15) is 34.9 Å². The zero-order valence-electron chi connectivity index (χ0n) is 20.9. The maximum Gasteiger partial charge on any atom is 0.288 e. The molecule has 0 N–H and O–H groups in total. The number of halogens is 1. The number of hydrogen-bond acceptors (Lipinski definition) is 6. The first-order valence-electron chi connectivity index (χ1n) is 12.7. The number of nitrogens with zero attached hydrogens (tertiary/aromatic N) is 3. The Morgan fingerprint density at radius 1 is 1.02 bits per heavy atom. The first kappa shape index (κ1) is 24.5. The van der Waals surface area contributed by atoms with Crippen LogP contribution in [0.25, 0.3) is 23.1 Å². The minimum atomic E-state index is -0.530. The van der Waals surface area contributed by atoms with E-state index in [4.69, 9.17) is 21.0 Å². The molecule has 0 spiro atoms. The topological polar surface area (TPSA) is 90.6 Å². The molecular formula is C31H20ClN3O4S. The molecule has 1 atom stereocenters. The molecule has 7 nitrogen and oxygen atoms in total. The molecule has 0 fully saturated rings. The highest BCUT2D eigenvalue weighted by molar-refractivity contribution is 7.07. The Morgan fingerprint density at radius 3 is 2.65 bits per heavy atom. The van der Waals surface area contributed by atoms with Crippen LogP contribution in [-0.2, 0) is 6.42 Å². The summed E-state index contributed by atoms with van der Waals surface area (Å²) in [4.78, 5) is 30.3. The molecule has 0 saturated carbocycles. The minimum absolute atomic E-state index is 0.0555. The number of aromatic nitrogens is 1. The number of furan rings is 1. The Morgan fingerprint density at radius 2 is 1.82 bits per heavy atom. The van der Waals surface area contributed by atoms with Crippen LogP contribution in [-0.4, -0.2) is 9.49 Å². The van der Waals surface area contributed by atoms with Gasteiger partial charge in [0, 0.05) is 23.3 Å². The van der Waals surface area contributed by atoms with Crippen molar-refractivity contribution in [2.24, 2.45) is 4.99 Å². The van der Waals surface area contributed by atoms with Crippen molar-refractivity contribution in [3.05, 3.63) is 148 Å². The molecule has 5 aromatic rings. The average Bonchev–Trinajstić information content (AvgIpc) is 3.56. The van der Waals surface area contributed by atoms with Gasteiger partial charge in [0.15, 0.2) is 4.80 Å². The number of thiazole rings is 1. The van der Waals surface area contributed by atoms with E-state index in [1.165, 1.54) is 29.0 Å². The lowest BCUT2D eigenvalue weighted by molar-refractivity contribution is -0.384. The van der Waals surface area contributed by atoms with Crippen molar-refractivity contribution in [3.63, 3.8) is 0 Å². The Labute approximate surface area is 236 Å². The van der Waals surface area contributed by atoms with E-state index < -0.39 is 4.92 Å². The summed E-state index contributed by atoms with van der Waals surface area (Å²) >= 11 is 7.29.